The summed E-state index contributed by atoms with van der Waals surface area (Å²) in [7, 11) is 0. The predicted molar refractivity (Wildman–Crippen MR) is 83.9 cm³/mol. The quantitative estimate of drug-likeness (QED) is 0.389. The molecule has 5 nitrogen and oxygen atoms in total. The first kappa shape index (κ1) is 16.0. The molecule has 0 amide bonds. The Labute approximate surface area is 129 Å². The monoisotopic (exact) mass is 305 g/mol. The molecule has 0 unspecified atom stereocenters. The molecule has 0 bridgehead atoms. The molecule has 118 valence electrons. The van der Waals surface area contributed by atoms with Crippen molar-refractivity contribution >= 4 is 17.3 Å². The highest BCUT2D eigenvalue weighted by Crippen LogP contribution is 2.18. The van der Waals surface area contributed by atoms with Crippen LogP contribution in [-0.4, -0.2) is 47.8 Å². The van der Waals surface area contributed by atoms with Gasteiger partial charge >= 0.3 is 0 Å². The number of benzene rings is 1. The summed E-state index contributed by atoms with van der Waals surface area (Å²) < 4.78 is 12.9. The molecule has 0 spiro atoms. The number of aliphatic hydroxyl groups is 1. The normalized spacial score (nSPS) is 16.3. The van der Waals surface area contributed by atoms with Crippen molar-refractivity contribution in [1.82, 2.24) is 4.90 Å². The summed E-state index contributed by atoms with van der Waals surface area (Å²) in [5.74, 6) is -0.644. The van der Waals surface area contributed by atoms with Crippen LogP contribution in [0.1, 0.15) is 13.8 Å². The van der Waals surface area contributed by atoms with Gasteiger partial charge in [0.25, 0.3) is 0 Å². The number of ketones is 1. The number of hydrogen-bond acceptors (Lipinski definition) is 4. The van der Waals surface area contributed by atoms with Crippen molar-refractivity contribution in [3.63, 3.8) is 0 Å². The summed E-state index contributed by atoms with van der Waals surface area (Å²) in [4.78, 5) is 15.4. The number of aliphatic hydroxyl groups excluding tert-OH is 1. The van der Waals surface area contributed by atoms with E-state index in [9.17, 15) is 14.3 Å². The Hall–Kier alpha value is -2.37. The maximum absolute atomic E-state index is 12.9. The smallest absolute Gasteiger partial charge is 0.166 e. The summed E-state index contributed by atoms with van der Waals surface area (Å²) in [6.07, 6.45) is 0. The molecule has 1 aliphatic rings. The zero-order valence-electron chi connectivity index (χ0n) is 12.8. The molecule has 1 aliphatic heterocycles. The van der Waals surface area contributed by atoms with E-state index in [2.05, 4.69) is 4.90 Å². The van der Waals surface area contributed by atoms with Crippen LogP contribution < -0.4 is 4.90 Å². The van der Waals surface area contributed by atoms with Gasteiger partial charge < -0.3 is 14.9 Å². The lowest BCUT2D eigenvalue weighted by molar-refractivity contribution is -0.113. The van der Waals surface area contributed by atoms with Crippen LogP contribution in [-0.2, 0) is 4.79 Å². The van der Waals surface area contributed by atoms with Gasteiger partial charge in [-0.15, -0.1) is 0 Å². The minimum atomic E-state index is -0.314. The molecule has 2 N–H and O–H groups in total. The van der Waals surface area contributed by atoms with E-state index in [0.29, 0.717) is 26.2 Å². The van der Waals surface area contributed by atoms with Crippen LogP contribution in [0.3, 0.4) is 0 Å². The fourth-order valence-electron chi connectivity index (χ4n) is 2.59. The first-order valence-corrected chi connectivity index (χ1v) is 7.15. The molecule has 1 aromatic carbocycles. The number of rotatable bonds is 3. The number of carbonyl (C=O) groups is 1. The predicted octanol–water partition coefficient (Wildman–Crippen LogP) is 2.35. The third-order valence-corrected chi connectivity index (χ3v) is 3.74. The largest absolute Gasteiger partial charge is 0.512 e. The van der Waals surface area contributed by atoms with Crippen LogP contribution in [0.2, 0.25) is 0 Å². The molecular weight excluding hydrogens is 285 g/mol. The molecule has 1 heterocycles. The Balaban J connectivity index is 2.03. The van der Waals surface area contributed by atoms with Crippen molar-refractivity contribution in [1.29, 1.82) is 5.41 Å². The Kier molecular flexibility index (Phi) is 4.80. The average Bonchev–Trinajstić information content (AvgIpc) is 2.47. The van der Waals surface area contributed by atoms with Gasteiger partial charge in [-0.3, -0.25) is 10.2 Å². The number of hydrogen-bond donors (Lipinski definition) is 2. The minimum Gasteiger partial charge on any atom is -0.512 e. The van der Waals surface area contributed by atoms with Crippen molar-refractivity contribution in [2.45, 2.75) is 13.8 Å². The maximum Gasteiger partial charge on any atom is 0.166 e. The van der Waals surface area contributed by atoms with Crippen LogP contribution in [0.5, 0.6) is 0 Å². The van der Waals surface area contributed by atoms with Gasteiger partial charge in [-0.25, -0.2) is 4.39 Å². The molecule has 0 saturated carbocycles. The van der Waals surface area contributed by atoms with Crippen molar-refractivity contribution in [2.24, 2.45) is 0 Å². The topological polar surface area (TPSA) is 67.6 Å². The Bertz CT molecular complexity index is 598. The lowest BCUT2D eigenvalue weighted by atomic mass is 10.1. The molecular formula is C16H20FN3O2. The average molecular weight is 305 g/mol. The fraction of sp³-hybridized carbons (Fsp3) is 0.375. The second-order valence-corrected chi connectivity index (χ2v) is 5.32. The minimum absolute atomic E-state index is 0.0613. The van der Waals surface area contributed by atoms with Crippen molar-refractivity contribution in [2.75, 3.05) is 31.1 Å². The Morgan fingerprint density at radius 2 is 1.68 bits per heavy atom. The highest BCUT2D eigenvalue weighted by atomic mass is 19.1. The van der Waals surface area contributed by atoms with E-state index >= 15 is 0 Å². The molecule has 0 atom stereocenters. The van der Waals surface area contributed by atoms with Crippen molar-refractivity contribution < 1.29 is 14.3 Å². The first-order chi connectivity index (χ1) is 10.4. The van der Waals surface area contributed by atoms with E-state index in [0.717, 1.165) is 5.69 Å². The standard InChI is InChI=1S/C16H20FN3O2/c1-11(21)15(12(2)22)16(18)20-9-7-19(8-10-20)14-5-3-13(17)4-6-14/h3-6,18,21H,7-10H2,1-2H3/b15-11+,18-16?. The summed E-state index contributed by atoms with van der Waals surface area (Å²) in [6.45, 7) is 5.24. The maximum atomic E-state index is 12.9. The van der Waals surface area contributed by atoms with E-state index in [1.165, 1.54) is 26.0 Å². The summed E-state index contributed by atoms with van der Waals surface area (Å²) in [6, 6.07) is 6.31. The van der Waals surface area contributed by atoms with Crippen LogP contribution in [0.15, 0.2) is 35.6 Å². The molecule has 0 radical (unpaired) electrons. The number of allylic oxidation sites excluding steroid dienone is 1. The molecule has 0 aliphatic carbocycles. The number of nitrogens with zero attached hydrogens (tertiary/aromatic N) is 2. The summed E-state index contributed by atoms with van der Waals surface area (Å²) in [5, 5.41) is 17.7. The zero-order valence-corrected chi connectivity index (χ0v) is 12.8. The molecule has 22 heavy (non-hydrogen) atoms. The third kappa shape index (κ3) is 3.44. The number of amidine groups is 1. The lowest BCUT2D eigenvalue weighted by Crippen LogP contribution is -2.49. The summed E-state index contributed by atoms with van der Waals surface area (Å²) in [5.41, 5.74) is 1.00. The number of carbonyl (C=O) groups excluding carboxylic acids is 1. The van der Waals surface area contributed by atoms with Gasteiger partial charge in [0.05, 0.1) is 5.57 Å². The number of Topliss-reactive ketones (excluding diaryl/α,β-unsaturated/α-hetero) is 1. The van der Waals surface area contributed by atoms with E-state index in [4.69, 9.17) is 5.41 Å². The second kappa shape index (κ2) is 6.60. The van der Waals surface area contributed by atoms with E-state index in [-0.39, 0.29) is 28.8 Å². The van der Waals surface area contributed by atoms with Crippen LogP contribution in [0.25, 0.3) is 0 Å². The molecule has 1 aromatic rings. The van der Waals surface area contributed by atoms with Gasteiger partial charge in [-0.1, -0.05) is 0 Å². The highest BCUT2D eigenvalue weighted by molar-refractivity contribution is 6.19. The van der Waals surface area contributed by atoms with Gasteiger partial charge in [-0.2, -0.15) is 0 Å². The number of nitrogens with one attached hydrogen (secondary N) is 1. The molecule has 6 heteroatoms. The molecule has 1 fully saturated rings. The fourth-order valence-corrected chi connectivity index (χ4v) is 2.59. The Morgan fingerprint density at radius 3 is 2.14 bits per heavy atom. The molecule has 2 rings (SSSR count). The van der Waals surface area contributed by atoms with E-state index in [1.807, 2.05) is 0 Å². The van der Waals surface area contributed by atoms with Crippen molar-refractivity contribution in [3.05, 3.63) is 41.4 Å². The zero-order chi connectivity index (χ0) is 16.3. The SMILES string of the molecule is CC(=O)/C(C(=N)N1CCN(c2ccc(F)cc2)CC1)=C(/C)O. The Morgan fingerprint density at radius 1 is 1.14 bits per heavy atom. The number of anilines is 1. The van der Waals surface area contributed by atoms with Gasteiger partial charge in [0.2, 0.25) is 0 Å². The summed E-state index contributed by atoms with van der Waals surface area (Å²) >= 11 is 0. The van der Waals surface area contributed by atoms with Gasteiger partial charge in [0.1, 0.15) is 17.4 Å². The second-order valence-electron chi connectivity index (χ2n) is 5.32. The lowest BCUT2D eigenvalue weighted by Gasteiger charge is -2.37. The molecule has 1 saturated heterocycles. The van der Waals surface area contributed by atoms with Crippen LogP contribution in [0, 0.1) is 11.2 Å². The van der Waals surface area contributed by atoms with E-state index in [1.54, 1.807) is 17.0 Å². The van der Waals surface area contributed by atoms with Gasteiger partial charge in [0, 0.05) is 31.9 Å². The third-order valence-electron chi connectivity index (χ3n) is 3.74. The first-order valence-electron chi connectivity index (χ1n) is 7.15. The molecule has 0 aromatic heterocycles. The highest BCUT2D eigenvalue weighted by Gasteiger charge is 2.24. The van der Waals surface area contributed by atoms with Crippen LogP contribution in [0.4, 0.5) is 10.1 Å². The number of halogens is 1. The van der Waals surface area contributed by atoms with Crippen LogP contribution >= 0.6 is 0 Å². The van der Waals surface area contributed by atoms with Gasteiger partial charge in [0.15, 0.2) is 5.78 Å². The number of piperazine rings is 1. The van der Waals surface area contributed by atoms with E-state index < -0.39 is 0 Å². The van der Waals surface area contributed by atoms with Gasteiger partial charge in [-0.05, 0) is 38.1 Å². The van der Waals surface area contributed by atoms with Crippen molar-refractivity contribution in [3.8, 4) is 0 Å².